The van der Waals surface area contributed by atoms with Gasteiger partial charge in [0.1, 0.15) is 12.4 Å². The smallest absolute Gasteiger partial charge is 0.130 e. The number of pyridine rings is 1. The van der Waals surface area contributed by atoms with Crippen LogP contribution in [0.15, 0.2) is 59.1 Å². The highest BCUT2D eigenvalue weighted by Gasteiger charge is 2.01. The van der Waals surface area contributed by atoms with Crippen LogP contribution in [-0.2, 0) is 6.61 Å². The fraction of sp³-hybridized carbons (Fsp3) is 0.118. The zero-order valence-corrected chi connectivity index (χ0v) is 12.7. The van der Waals surface area contributed by atoms with E-state index in [9.17, 15) is 0 Å². The topological polar surface area (TPSA) is 22.1 Å². The summed E-state index contributed by atoms with van der Waals surface area (Å²) in [5, 5.41) is 1.15. The summed E-state index contributed by atoms with van der Waals surface area (Å²) in [7, 11) is 0. The van der Waals surface area contributed by atoms with Gasteiger partial charge in [0, 0.05) is 9.86 Å². The molecule has 0 unspecified atom stereocenters. The number of hydrogen-bond acceptors (Lipinski definition) is 2. The van der Waals surface area contributed by atoms with E-state index in [1.807, 2.05) is 49.4 Å². The molecule has 3 heteroatoms. The zero-order valence-electron chi connectivity index (χ0n) is 11.1. The Bertz CT molecular complexity index is 755. The van der Waals surface area contributed by atoms with Crippen LogP contribution >= 0.6 is 15.9 Å². The lowest BCUT2D eigenvalue weighted by atomic mass is 10.2. The van der Waals surface area contributed by atoms with Crippen LogP contribution in [0.3, 0.4) is 0 Å². The van der Waals surface area contributed by atoms with Gasteiger partial charge in [0.2, 0.25) is 0 Å². The Morgan fingerprint density at radius 1 is 1.05 bits per heavy atom. The van der Waals surface area contributed by atoms with E-state index in [0.29, 0.717) is 6.61 Å². The summed E-state index contributed by atoms with van der Waals surface area (Å²) >= 11 is 3.48. The average Bonchev–Trinajstić information content (AvgIpc) is 2.48. The number of aryl methyl sites for hydroxylation is 1. The molecule has 0 saturated carbocycles. The van der Waals surface area contributed by atoms with Gasteiger partial charge in [-0.2, -0.15) is 0 Å². The van der Waals surface area contributed by atoms with Crippen LogP contribution in [0, 0.1) is 6.92 Å². The number of hydrogen-bond donors (Lipinski definition) is 0. The Hall–Kier alpha value is -1.87. The second-order valence-electron chi connectivity index (χ2n) is 4.69. The summed E-state index contributed by atoms with van der Waals surface area (Å²) in [5.74, 6) is 0.862. The van der Waals surface area contributed by atoms with Crippen molar-refractivity contribution < 1.29 is 4.74 Å². The van der Waals surface area contributed by atoms with E-state index in [2.05, 4.69) is 33.0 Å². The van der Waals surface area contributed by atoms with Gasteiger partial charge in [0.15, 0.2) is 0 Å². The molecule has 1 aromatic heterocycles. The van der Waals surface area contributed by atoms with Crippen LogP contribution in [0.4, 0.5) is 0 Å². The van der Waals surface area contributed by atoms with Crippen molar-refractivity contribution in [3.63, 3.8) is 0 Å². The first-order valence-corrected chi connectivity index (χ1v) is 7.25. The van der Waals surface area contributed by atoms with Crippen molar-refractivity contribution in [2.24, 2.45) is 0 Å². The minimum absolute atomic E-state index is 0.478. The largest absolute Gasteiger partial charge is 0.487 e. The van der Waals surface area contributed by atoms with Crippen LogP contribution in [-0.4, -0.2) is 4.98 Å². The first-order valence-electron chi connectivity index (χ1n) is 6.46. The predicted octanol–water partition coefficient (Wildman–Crippen LogP) is 4.88. The van der Waals surface area contributed by atoms with Crippen LogP contribution in [0.1, 0.15) is 11.3 Å². The lowest BCUT2D eigenvalue weighted by molar-refractivity contribution is 0.301. The summed E-state index contributed by atoms with van der Waals surface area (Å²) in [6, 6.07) is 18.2. The number of fused-ring (bicyclic) bond motifs is 1. The molecule has 3 rings (SSSR count). The summed E-state index contributed by atoms with van der Waals surface area (Å²) in [5.41, 5.74) is 3.10. The maximum Gasteiger partial charge on any atom is 0.130 e. The molecule has 0 aliphatic carbocycles. The van der Waals surface area contributed by atoms with Gasteiger partial charge in [0.25, 0.3) is 0 Å². The number of rotatable bonds is 3. The highest BCUT2D eigenvalue weighted by atomic mass is 79.9. The van der Waals surface area contributed by atoms with Crippen molar-refractivity contribution in [1.82, 2.24) is 4.98 Å². The van der Waals surface area contributed by atoms with Gasteiger partial charge in [-0.15, -0.1) is 0 Å². The molecule has 2 nitrogen and oxygen atoms in total. The molecule has 0 aliphatic heterocycles. The molecule has 1 heterocycles. The lowest BCUT2D eigenvalue weighted by Gasteiger charge is -2.08. The fourth-order valence-electron chi connectivity index (χ4n) is 2.05. The lowest BCUT2D eigenvalue weighted by Crippen LogP contribution is -1.98. The Balaban J connectivity index is 1.77. The molecule has 0 fully saturated rings. The molecule has 3 aromatic rings. The molecule has 20 heavy (non-hydrogen) atoms. The Morgan fingerprint density at radius 2 is 1.90 bits per heavy atom. The molecule has 2 aromatic carbocycles. The third-order valence-electron chi connectivity index (χ3n) is 3.17. The maximum atomic E-state index is 5.79. The average molecular weight is 328 g/mol. The van der Waals surface area contributed by atoms with Crippen LogP contribution < -0.4 is 4.74 Å². The summed E-state index contributed by atoms with van der Waals surface area (Å²) in [6.45, 7) is 2.52. The molecule has 0 aliphatic rings. The van der Waals surface area contributed by atoms with E-state index in [1.54, 1.807) is 0 Å². The monoisotopic (exact) mass is 327 g/mol. The molecule has 0 atom stereocenters. The molecular formula is C17H14BrNO. The fourth-order valence-corrected chi connectivity index (χ4v) is 2.30. The van der Waals surface area contributed by atoms with Crippen LogP contribution in [0.2, 0.25) is 0 Å². The normalized spacial score (nSPS) is 10.7. The Labute approximate surface area is 126 Å². The van der Waals surface area contributed by atoms with Crippen LogP contribution in [0.5, 0.6) is 5.75 Å². The van der Waals surface area contributed by atoms with Gasteiger partial charge in [0.05, 0.1) is 11.2 Å². The van der Waals surface area contributed by atoms with Crippen LogP contribution in [0.25, 0.3) is 10.9 Å². The highest BCUT2D eigenvalue weighted by Crippen LogP contribution is 2.22. The SMILES string of the molecule is Cc1cc(OCc2ccc3ccccc3n2)ccc1Br. The third kappa shape index (κ3) is 2.83. The summed E-state index contributed by atoms with van der Waals surface area (Å²) in [4.78, 5) is 4.60. The van der Waals surface area contributed by atoms with Crippen molar-refractivity contribution in [3.05, 3.63) is 70.3 Å². The molecule has 0 bridgehead atoms. The molecule has 0 spiro atoms. The summed E-state index contributed by atoms with van der Waals surface area (Å²) < 4.78 is 6.88. The number of ether oxygens (including phenoxy) is 1. The zero-order chi connectivity index (χ0) is 13.9. The van der Waals surface area contributed by atoms with E-state index in [0.717, 1.165) is 32.4 Å². The van der Waals surface area contributed by atoms with Crippen molar-refractivity contribution in [2.75, 3.05) is 0 Å². The first kappa shape index (κ1) is 13.1. The number of para-hydroxylation sites is 1. The van der Waals surface area contributed by atoms with E-state index in [1.165, 1.54) is 0 Å². The van der Waals surface area contributed by atoms with Gasteiger partial charge in [-0.25, -0.2) is 4.98 Å². The third-order valence-corrected chi connectivity index (χ3v) is 4.06. The Morgan fingerprint density at radius 3 is 2.75 bits per heavy atom. The van der Waals surface area contributed by atoms with Crippen molar-refractivity contribution in [3.8, 4) is 5.75 Å². The van der Waals surface area contributed by atoms with Gasteiger partial charge in [-0.3, -0.25) is 0 Å². The quantitative estimate of drug-likeness (QED) is 0.683. The number of benzene rings is 2. The van der Waals surface area contributed by atoms with Crippen molar-refractivity contribution in [1.29, 1.82) is 0 Å². The maximum absolute atomic E-state index is 5.79. The van der Waals surface area contributed by atoms with Gasteiger partial charge in [-0.1, -0.05) is 40.2 Å². The van der Waals surface area contributed by atoms with Crippen molar-refractivity contribution >= 4 is 26.8 Å². The molecule has 0 amide bonds. The number of aromatic nitrogens is 1. The van der Waals surface area contributed by atoms with Gasteiger partial charge < -0.3 is 4.74 Å². The molecule has 0 saturated heterocycles. The van der Waals surface area contributed by atoms with Crippen molar-refractivity contribution in [2.45, 2.75) is 13.5 Å². The molecular weight excluding hydrogens is 314 g/mol. The summed E-state index contributed by atoms with van der Waals surface area (Å²) in [6.07, 6.45) is 0. The molecule has 0 radical (unpaired) electrons. The second-order valence-corrected chi connectivity index (χ2v) is 5.55. The standard InChI is InChI=1S/C17H14BrNO/c1-12-10-15(8-9-16(12)18)20-11-14-7-6-13-4-2-3-5-17(13)19-14/h2-10H,11H2,1H3. The molecule has 0 N–H and O–H groups in total. The minimum Gasteiger partial charge on any atom is -0.487 e. The second kappa shape index (κ2) is 5.63. The van der Waals surface area contributed by atoms with Gasteiger partial charge >= 0.3 is 0 Å². The van der Waals surface area contributed by atoms with E-state index < -0.39 is 0 Å². The van der Waals surface area contributed by atoms with E-state index in [-0.39, 0.29) is 0 Å². The Kier molecular flexibility index (Phi) is 3.70. The minimum atomic E-state index is 0.478. The molecule has 100 valence electrons. The highest BCUT2D eigenvalue weighted by molar-refractivity contribution is 9.10. The number of nitrogens with zero attached hydrogens (tertiary/aromatic N) is 1. The number of halogens is 1. The van der Waals surface area contributed by atoms with E-state index in [4.69, 9.17) is 4.74 Å². The van der Waals surface area contributed by atoms with Gasteiger partial charge in [-0.05, 0) is 42.8 Å². The first-order chi connectivity index (χ1) is 9.72. The predicted molar refractivity (Wildman–Crippen MR) is 85.0 cm³/mol. The van der Waals surface area contributed by atoms with E-state index >= 15 is 0 Å².